The predicted molar refractivity (Wildman–Crippen MR) is 88.8 cm³/mol. The molecule has 1 N–H and O–H groups in total. The summed E-state index contributed by atoms with van der Waals surface area (Å²) in [6.45, 7) is 0.835. The first-order valence-electron chi connectivity index (χ1n) is 8.47. The van der Waals surface area contributed by atoms with Gasteiger partial charge in [-0.3, -0.25) is 0 Å². The summed E-state index contributed by atoms with van der Waals surface area (Å²) in [7, 11) is 0. The van der Waals surface area contributed by atoms with E-state index in [0.29, 0.717) is 13.2 Å². The molecule has 2 aromatic rings. The van der Waals surface area contributed by atoms with Crippen molar-refractivity contribution in [2.24, 2.45) is 0 Å². The van der Waals surface area contributed by atoms with E-state index in [0.717, 1.165) is 18.2 Å². The number of alkyl halides is 6. The first kappa shape index (κ1) is 20.5. The minimum atomic E-state index is -4.62. The van der Waals surface area contributed by atoms with E-state index in [2.05, 4.69) is 5.32 Å². The molecule has 1 unspecified atom stereocenters. The van der Waals surface area contributed by atoms with Gasteiger partial charge in [0.25, 0.3) is 0 Å². The topological polar surface area (TPSA) is 30.5 Å². The minimum Gasteiger partial charge on any atom is -0.489 e. The Labute approximate surface area is 157 Å². The average Bonchev–Trinajstić information content (AvgIpc) is 2.66. The van der Waals surface area contributed by atoms with Crippen LogP contribution in [0.2, 0.25) is 0 Å². The Morgan fingerprint density at radius 1 is 1.00 bits per heavy atom. The smallest absolute Gasteiger partial charge is 0.416 e. The molecule has 3 rings (SSSR count). The van der Waals surface area contributed by atoms with Gasteiger partial charge in [0.2, 0.25) is 0 Å². The molecular weight excluding hydrogens is 388 g/mol. The van der Waals surface area contributed by atoms with Crippen molar-refractivity contribution in [3.8, 4) is 5.75 Å². The van der Waals surface area contributed by atoms with Crippen LogP contribution in [0.3, 0.4) is 0 Å². The molecule has 1 aliphatic rings. The highest BCUT2D eigenvalue weighted by Gasteiger charge is 2.36. The summed E-state index contributed by atoms with van der Waals surface area (Å²) in [5.74, 6) is -0.0859. The van der Waals surface area contributed by atoms with Gasteiger partial charge in [0.1, 0.15) is 12.4 Å². The van der Waals surface area contributed by atoms with Crippen LogP contribution in [0.4, 0.5) is 26.3 Å². The lowest BCUT2D eigenvalue weighted by Gasteiger charge is -2.26. The SMILES string of the molecule is FC(F)(F)c1cccc(COc2ccc(C3CNCCO3)c(C(F)(F)F)c2)c1. The van der Waals surface area contributed by atoms with Crippen molar-refractivity contribution in [2.45, 2.75) is 25.1 Å². The third-order valence-corrected chi connectivity index (χ3v) is 4.26. The van der Waals surface area contributed by atoms with Crippen molar-refractivity contribution < 1.29 is 35.8 Å². The van der Waals surface area contributed by atoms with Crippen LogP contribution in [0, 0.1) is 0 Å². The third kappa shape index (κ3) is 4.96. The van der Waals surface area contributed by atoms with E-state index in [-0.39, 0.29) is 30.0 Å². The molecule has 1 aliphatic heterocycles. The first-order valence-corrected chi connectivity index (χ1v) is 8.47. The maximum atomic E-state index is 13.5. The average molecular weight is 405 g/mol. The first-order chi connectivity index (χ1) is 13.1. The van der Waals surface area contributed by atoms with Gasteiger partial charge in [-0.2, -0.15) is 26.3 Å². The quantitative estimate of drug-likeness (QED) is 0.729. The second-order valence-electron chi connectivity index (χ2n) is 6.30. The third-order valence-electron chi connectivity index (χ3n) is 4.26. The summed E-state index contributed by atoms with van der Waals surface area (Å²) in [4.78, 5) is 0. The van der Waals surface area contributed by atoms with Gasteiger partial charge < -0.3 is 14.8 Å². The Morgan fingerprint density at radius 3 is 2.43 bits per heavy atom. The highest BCUT2D eigenvalue weighted by atomic mass is 19.4. The normalized spacial score (nSPS) is 18.1. The van der Waals surface area contributed by atoms with Crippen LogP contribution in [-0.4, -0.2) is 19.7 Å². The molecule has 0 amide bonds. The minimum absolute atomic E-state index is 0.00822. The Morgan fingerprint density at radius 2 is 1.79 bits per heavy atom. The summed E-state index contributed by atoms with van der Waals surface area (Å²) >= 11 is 0. The number of halogens is 6. The van der Waals surface area contributed by atoms with Gasteiger partial charge >= 0.3 is 12.4 Å². The summed E-state index contributed by atoms with van der Waals surface area (Å²) in [5.41, 5.74) is -1.54. The molecule has 1 atom stereocenters. The molecule has 28 heavy (non-hydrogen) atoms. The lowest BCUT2D eigenvalue weighted by atomic mass is 10.0. The molecule has 9 heteroatoms. The Kier molecular flexibility index (Phi) is 5.85. The molecular formula is C19H17F6NO2. The Bertz CT molecular complexity index is 813. The van der Waals surface area contributed by atoms with Gasteiger partial charge in [-0.1, -0.05) is 18.2 Å². The van der Waals surface area contributed by atoms with Crippen molar-refractivity contribution in [3.05, 3.63) is 64.7 Å². The zero-order valence-corrected chi connectivity index (χ0v) is 14.5. The van der Waals surface area contributed by atoms with Crippen LogP contribution >= 0.6 is 0 Å². The maximum absolute atomic E-state index is 13.5. The van der Waals surface area contributed by atoms with E-state index in [4.69, 9.17) is 9.47 Å². The van der Waals surface area contributed by atoms with E-state index in [1.54, 1.807) is 0 Å². The molecule has 3 nitrogen and oxygen atoms in total. The Hall–Kier alpha value is -2.26. The van der Waals surface area contributed by atoms with E-state index in [9.17, 15) is 26.3 Å². The number of ether oxygens (including phenoxy) is 2. The number of hydrogen-bond acceptors (Lipinski definition) is 3. The summed E-state index contributed by atoms with van der Waals surface area (Å²) in [6.07, 6.45) is -9.86. The number of nitrogens with one attached hydrogen (secondary N) is 1. The zero-order chi connectivity index (χ0) is 20.4. The van der Waals surface area contributed by atoms with Crippen molar-refractivity contribution >= 4 is 0 Å². The van der Waals surface area contributed by atoms with Gasteiger partial charge in [0, 0.05) is 13.1 Å². The highest BCUT2D eigenvalue weighted by molar-refractivity contribution is 5.39. The zero-order valence-electron chi connectivity index (χ0n) is 14.5. The van der Waals surface area contributed by atoms with E-state index < -0.39 is 29.6 Å². The van der Waals surface area contributed by atoms with Gasteiger partial charge in [-0.15, -0.1) is 0 Å². The fourth-order valence-electron chi connectivity index (χ4n) is 2.92. The van der Waals surface area contributed by atoms with Crippen molar-refractivity contribution in [1.29, 1.82) is 0 Å². The molecule has 2 aromatic carbocycles. The van der Waals surface area contributed by atoms with Crippen LogP contribution in [0.25, 0.3) is 0 Å². The lowest BCUT2D eigenvalue weighted by molar-refractivity contribution is -0.140. The van der Waals surface area contributed by atoms with Crippen molar-refractivity contribution in [3.63, 3.8) is 0 Å². The second kappa shape index (κ2) is 8.00. The highest BCUT2D eigenvalue weighted by Crippen LogP contribution is 2.38. The van der Waals surface area contributed by atoms with E-state index in [1.165, 1.54) is 24.3 Å². The summed E-state index contributed by atoms with van der Waals surface area (Å²) < 4.78 is 89.4. The number of morpholine rings is 1. The maximum Gasteiger partial charge on any atom is 0.416 e. The molecule has 0 saturated carbocycles. The van der Waals surface area contributed by atoms with Gasteiger partial charge in [-0.05, 0) is 35.4 Å². The standard InChI is InChI=1S/C19H17F6NO2/c20-18(21,22)13-3-1-2-12(8-13)11-28-14-4-5-15(16(9-14)19(23,24)25)17-10-26-6-7-27-17/h1-5,8-9,17,26H,6-7,10-11H2. The molecule has 1 heterocycles. The molecule has 0 bridgehead atoms. The fourth-order valence-corrected chi connectivity index (χ4v) is 2.92. The molecule has 1 fully saturated rings. The number of benzene rings is 2. The molecule has 1 saturated heterocycles. The molecule has 0 aromatic heterocycles. The van der Waals surface area contributed by atoms with E-state index >= 15 is 0 Å². The Balaban J connectivity index is 1.79. The molecule has 0 spiro atoms. The van der Waals surface area contributed by atoms with Crippen molar-refractivity contribution in [2.75, 3.05) is 19.7 Å². The monoisotopic (exact) mass is 405 g/mol. The second-order valence-corrected chi connectivity index (χ2v) is 6.30. The van der Waals surface area contributed by atoms with E-state index in [1.807, 2.05) is 0 Å². The summed E-state index contributed by atoms with van der Waals surface area (Å²) in [6, 6.07) is 7.94. The fraction of sp³-hybridized carbons (Fsp3) is 0.368. The number of hydrogen-bond donors (Lipinski definition) is 1. The van der Waals surface area contributed by atoms with Gasteiger partial charge in [0.05, 0.1) is 23.8 Å². The predicted octanol–water partition coefficient (Wildman–Crippen LogP) is 4.96. The molecule has 152 valence electrons. The van der Waals surface area contributed by atoms with Crippen LogP contribution in [-0.2, 0) is 23.7 Å². The molecule has 0 radical (unpaired) electrons. The lowest BCUT2D eigenvalue weighted by Crippen LogP contribution is -2.34. The van der Waals surface area contributed by atoms with Gasteiger partial charge in [0.15, 0.2) is 0 Å². The van der Waals surface area contributed by atoms with Crippen LogP contribution in [0.5, 0.6) is 5.75 Å². The van der Waals surface area contributed by atoms with Crippen LogP contribution < -0.4 is 10.1 Å². The summed E-state index contributed by atoms with van der Waals surface area (Å²) in [5, 5.41) is 2.98. The van der Waals surface area contributed by atoms with Gasteiger partial charge in [-0.25, -0.2) is 0 Å². The van der Waals surface area contributed by atoms with Crippen molar-refractivity contribution in [1.82, 2.24) is 5.32 Å². The largest absolute Gasteiger partial charge is 0.489 e. The van der Waals surface area contributed by atoms with Crippen LogP contribution in [0.1, 0.15) is 28.4 Å². The van der Waals surface area contributed by atoms with Crippen LogP contribution in [0.15, 0.2) is 42.5 Å². The number of rotatable bonds is 4. The molecule has 0 aliphatic carbocycles.